The average Bonchev–Trinajstić information content (AvgIpc) is 2.93. The van der Waals surface area contributed by atoms with Crippen LogP contribution in [0.3, 0.4) is 0 Å². The Morgan fingerprint density at radius 3 is 2.22 bits per heavy atom. The molecule has 2 bridgehead atoms. The quantitative estimate of drug-likeness (QED) is 0.283. The number of ether oxygens (including phenoxy) is 1. The molecule has 2 atom stereocenters. The van der Waals surface area contributed by atoms with Gasteiger partial charge in [-0.3, -0.25) is 9.59 Å². The number of halogens is 1. The number of Topliss-reactive ketones (excluding diaryl/α,β-unsaturated/α-hetero) is 1. The molecule has 3 aliphatic rings. The van der Waals surface area contributed by atoms with Gasteiger partial charge in [0, 0.05) is 29.9 Å². The number of carbonyl (C=O) groups excluding carboxylic acids is 3. The highest BCUT2D eigenvalue weighted by Gasteiger charge is 2.49. The molecule has 0 saturated carbocycles. The van der Waals surface area contributed by atoms with Crippen molar-refractivity contribution in [2.24, 2.45) is 5.92 Å². The number of nitrogens with zero attached hydrogens (tertiary/aromatic N) is 1. The number of fused-ring (bicyclic) bond motifs is 3. The molecule has 0 spiro atoms. The second kappa shape index (κ2) is 10.6. The zero-order chi connectivity index (χ0) is 25.8. The van der Waals surface area contributed by atoms with Crippen LogP contribution in [0.2, 0.25) is 0 Å². The third kappa shape index (κ3) is 5.62. The van der Waals surface area contributed by atoms with Gasteiger partial charge < -0.3 is 14.5 Å². The molecule has 3 aromatic rings. The minimum absolute atomic E-state index is 0.0931. The molecule has 6 nitrogen and oxygen atoms in total. The van der Waals surface area contributed by atoms with Crippen molar-refractivity contribution in [1.82, 2.24) is 5.32 Å². The van der Waals surface area contributed by atoms with Crippen LogP contribution in [-0.2, 0) is 9.53 Å². The van der Waals surface area contributed by atoms with Gasteiger partial charge in [0.05, 0.1) is 13.1 Å². The van der Waals surface area contributed by atoms with Crippen molar-refractivity contribution in [1.29, 1.82) is 0 Å². The smallest absolute Gasteiger partial charge is 0.333 e. The summed E-state index contributed by atoms with van der Waals surface area (Å²) in [4.78, 5) is 39.4. The highest BCUT2D eigenvalue weighted by molar-refractivity contribution is 5.97. The fraction of sp³-hybridized carbons (Fsp3) is 0.300. The molecular weight excluding hydrogens is 471 g/mol. The topological polar surface area (TPSA) is 72.5 Å². The summed E-state index contributed by atoms with van der Waals surface area (Å²) in [5.41, 5.74) is 1.41. The Hall–Kier alpha value is -3.84. The maximum atomic E-state index is 13.7. The van der Waals surface area contributed by atoms with Crippen molar-refractivity contribution in [3.63, 3.8) is 0 Å². The number of piperidine rings is 3. The number of benzene rings is 3. The normalized spacial score (nSPS) is 23.2. The van der Waals surface area contributed by atoms with E-state index in [2.05, 4.69) is 5.32 Å². The third-order valence-corrected chi connectivity index (χ3v) is 7.61. The zero-order valence-electron chi connectivity index (χ0n) is 20.5. The summed E-state index contributed by atoms with van der Waals surface area (Å²) < 4.78 is 20.3. The molecule has 0 radical (unpaired) electrons. The first-order valence-electron chi connectivity index (χ1n) is 12.7. The predicted molar refractivity (Wildman–Crippen MR) is 136 cm³/mol. The standard InChI is InChI=1S/C30H29FN2O4/c31-25-13-7-12-24(18-25)29(35)32-28(23-10-5-2-6-11-23)30(36)37-27-20-33(16-14-22(27)15-17-33)19-26(34)21-8-3-1-4-9-21/h1-13,18,22,27-28H,14-17,19-20H2/p+1. The van der Waals surface area contributed by atoms with Crippen molar-refractivity contribution in [3.8, 4) is 0 Å². The fourth-order valence-corrected chi connectivity index (χ4v) is 5.58. The predicted octanol–water partition coefficient (Wildman–Crippen LogP) is 4.33. The van der Waals surface area contributed by atoms with Crippen LogP contribution in [0, 0.1) is 11.7 Å². The highest BCUT2D eigenvalue weighted by Crippen LogP contribution is 2.36. The van der Waals surface area contributed by atoms with Gasteiger partial charge in [-0.05, 0) is 23.8 Å². The van der Waals surface area contributed by atoms with Gasteiger partial charge in [-0.2, -0.15) is 0 Å². The Bertz CT molecular complexity index is 1270. The Kier molecular flexibility index (Phi) is 7.15. The van der Waals surface area contributed by atoms with Crippen molar-refractivity contribution in [3.05, 3.63) is 107 Å². The van der Waals surface area contributed by atoms with Gasteiger partial charge in [0.1, 0.15) is 18.9 Å². The van der Waals surface area contributed by atoms with Gasteiger partial charge >= 0.3 is 5.97 Å². The Balaban J connectivity index is 1.31. The Morgan fingerprint density at radius 2 is 1.54 bits per heavy atom. The van der Waals surface area contributed by atoms with E-state index in [0.29, 0.717) is 28.7 Å². The molecule has 0 aromatic heterocycles. The number of carbonyl (C=O) groups is 3. The molecule has 190 valence electrons. The lowest BCUT2D eigenvalue weighted by molar-refractivity contribution is -0.938. The van der Waals surface area contributed by atoms with Crippen LogP contribution < -0.4 is 5.32 Å². The molecule has 1 amide bonds. The maximum Gasteiger partial charge on any atom is 0.333 e. The molecule has 3 fully saturated rings. The summed E-state index contributed by atoms with van der Waals surface area (Å²) in [6.07, 6.45) is 1.42. The molecule has 1 N–H and O–H groups in total. The Morgan fingerprint density at radius 1 is 0.892 bits per heavy atom. The van der Waals surface area contributed by atoms with Crippen LogP contribution in [0.5, 0.6) is 0 Å². The summed E-state index contributed by atoms with van der Waals surface area (Å²) >= 11 is 0. The lowest BCUT2D eigenvalue weighted by Gasteiger charge is -2.51. The SMILES string of the molecule is O=C(C[N+]12CCC(CC1)C(OC(=O)C(NC(=O)c1cccc(F)c1)c1ccccc1)C2)c1ccccc1. The van der Waals surface area contributed by atoms with E-state index in [-0.39, 0.29) is 23.4 Å². The third-order valence-electron chi connectivity index (χ3n) is 7.61. The average molecular weight is 502 g/mol. The zero-order valence-corrected chi connectivity index (χ0v) is 20.5. The van der Waals surface area contributed by atoms with Crippen LogP contribution in [-0.4, -0.2) is 54.4 Å². The van der Waals surface area contributed by atoms with Crippen LogP contribution >= 0.6 is 0 Å². The molecule has 6 rings (SSSR count). The first kappa shape index (κ1) is 24.8. The first-order valence-corrected chi connectivity index (χ1v) is 12.7. The second-order valence-corrected chi connectivity index (χ2v) is 10.1. The van der Waals surface area contributed by atoms with E-state index in [1.54, 1.807) is 24.3 Å². The highest BCUT2D eigenvalue weighted by atomic mass is 19.1. The monoisotopic (exact) mass is 501 g/mol. The molecule has 37 heavy (non-hydrogen) atoms. The number of nitrogens with one attached hydrogen (secondary N) is 1. The van der Waals surface area contributed by atoms with Crippen LogP contribution in [0.25, 0.3) is 0 Å². The summed E-state index contributed by atoms with van der Waals surface area (Å²) in [5, 5.41) is 2.73. The fourth-order valence-electron chi connectivity index (χ4n) is 5.58. The summed E-state index contributed by atoms with van der Waals surface area (Å²) in [7, 11) is 0. The van der Waals surface area contributed by atoms with E-state index in [0.717, 1.165) is 32.0 Å². The molecule has 3 heterocycles. The molecule has 3 saturated heterocycles. The van der Waals surface area contributed by atoms with Gasteiger partial charge in [0.25, 0.3) is 5.91 Å². The minimum Gasteiger partial charge on any atom is -0.454 e. The van der Waals surface area contributed by atoms with Gasteiger partial charge in [-0.15, -0.1) is 0 Å². The summed E-state index contributed by atoms with van der Waals surface area (Å²) in [6.45, 7) is 2.73. The van der Waals surface area contributed by atoms with Gasteiger partial charge in [-0.25, -0.2) is 9.18 Å². The lowest BCUT2D eigenvalue weighted by Crippen LogP contribution is -2.66. The number of rotatable bonds is 8. The summed E-state index contributed by atoms with van der Waals surface area (Å²) in [5.74, 6) is -1.32. The first-order chi connectivity index (χ1) is 17.9. The van der Waals surface area contributed by atoms with Crippen molar-refractivity contribution >= 4 is 17.7 Å². The number of quaternary nitrogens is 1. The molecule has 2 unspecified atom stereocenters. The van der Waals surface area contributed by atoms with Crippen molar-refractivity contribution in [2.45, 2.75) is 25.0 Å². The second-order valence-electron chi connectivity index (χ2n) is 10.1. The van der Waals surface area contributed by atoms with E-state index in [1.165, 1.54) is 18.2 Å². The van der Waals surface area contributed by atoms with Gasteiger partial charge in [-0.1, -0.05) is 66.7 Å². The molecule has 3 aliphatic heterocycles. The number of hydrogen-bond acceptors (Lipinski definition) is 4. The van der Waals surface area contributed by atoms with E-state index in [9.17, 15) is 18.8 Å². The Labute approximate surface area is 215 Å². The number of ketones is 1. The van der Waals surface area contributed by atoms with Gasteiger partial charge in [0.2, 0.25) is 5.78 Å². The van der Waals surface area contributed by atoms with Crippen LogP contribution in [0.15, 0.2) is 84.9 Å². The van der Waals surface area contributed by atoms with Crippen LogP contribution in [0.4, 0.5) is 4.39 Å². The van der Waals surface area contributed by atoms with E-state index in [1.807, 2.05) is 36.4 Å². The van der Waals surface area contributed by atoms with E-state index in [4.69, 9.17) is 4.74 Å². The number of amides is 1. The minimum atomic E-state index is -1.04. The van der Waals surface area contributed by atoms with E-state index < -0.39 is 23.7 Å². The van der Waals surface area contributed by atoms with Crippen molar-refractivity contribution < 1.29 is 28.0 Å². The largest absolute Gasteiger partial charge is 0.454 e. The molecule has 3 aromatic carbocycles. The number of hydrogen-bond donors (Lipinski definition) is 1. The van der Waals surface area contributed by atoms with Gasteiger partial charge in [0.15, 0.2) is 12.1 Å². The molecule has 0 aliphatic carbocycles. The number of esters is 1. The lowest BCUT2D eigenvalue weighted by atomic mass is 9.82. The summed E-state index contributed by atoms with van der Waals surface area (Å²) in [6, 6.07) is 22.5. The van der Waals surface area contributed by atoms with E-state index >= 15 is 0 Å². The molecular formula is C30H30FN2O4+. The van der Waals surface area contributed by atoms with Crippen molar-refractivity contribution in [2.75, 3.05) is 26.2 Å². The maximum absolute atomic E-state index is 13.7. The molecule has 7 heteroatoms. The van der Waals surface area contributed by atoms with Crippen LogP contribution in [0.1, 0.15) is 45.2 Å².